The van der Waals surface area contributed by atoms with Crippen LogP contribution in [0.15, 0.2) is 59.7 Å². The topological polar surface area (TPSA) is 75.5 Å². The van der Waals surface area contributed by atoms with E-state index in [0.29, 0.717) is 15.6 Å². The molecule has 1 heterocycles. The van der Waals surface area contributed by atoms with Gasteiger partial charge in [0.2, 0.25) is 0 Å². The minimum absolute atomic E-state index is 0.0505. The molecule has 0 saturated carbocycles. The Hall–Kier alpha value is -3.09. The Morgan fingerprint density at radius 3 is 2.03 bits per heavy atom. The lowest BCUT2D eigenvalue weighted by molar-refractivity contribution is -0.110. The Balaban J connectivity index is 1.67. The Kier molecular flexibility index (Phi) is 6.59. The highest BCUT2D eigenvalue weighted by atomic mass is 35.5. The molecule has 0 atom stereocenters. The number of hydrazone groups is 1. The number of para-hydroxylation sites is 1. The minimum Gasteiger partial charge on any atom is -0.319 e. The predicted molar refractivity (Wildman–Crippen MR) is 121 cm³/mol. The highest BCUT2D eigenvalue weighted by molar-refractivity contribution is 6.45. The van der Waals surface area contributed by atoms with Crippen LogP contribution in [-0.2, 0) is 4.79 Å². The normalized spacial score (nSPS) is 11.3. The molecule has 0 bridgehead atoms. The maximum absolute atomic E-state index is 12.4. The van der Waals surface area contributed by atoms with Crippen LogP contribution in [0, 0.1) is 13.8 Å². The molecule has 0 unspecified atom stereocenters. The van der Waals surface area contributed by atoms with Crippen molar-refractivity contribution >= 4 is 46.4 Å². The first-order chi connectivity index (χ1) is 14.3. The third-order valence-corrected chi connectivity index (χ3v) is 5.14. The molecule has 0 aliphatic heterocycles. The van der Waals surface area contributed by atoms with Gasteiger partial charge in [-0.2, -0.15) is 5.10 Å². The van der Waals surface area contributed by atoms with Crippen molar-refractivity contribution in [3.8, 4) is 5.69 Å². The number of hydrogen-bond acceptors (Lipinski definition) is 3. The lowest BCUT2D eigenvalue weighted by Crippen LogP contribution is -2.26. The number of halogens is 2. The summed E-state index contributed by atoms with van der Waals surface area (Å²) in [5, 5.41) is 7.07. The summed E-state index contributed by atoms with van der Waals surface area (Å²) in [6.45, 7) is 5.51. The highest BCUT2D eigenvalue weighted by Gasteiger charge is 2.13. The quantitative estimate of drug-likeness (QED) is 0.423. The van der Waals surface area contributed by atoms with Crippen LogP contribution >= 0.6 is 23.2 Å². The molecule has 3 rings (SSSR count). The Morgan fingerprint density at radius 1 is 0.900 bits per heavy atom. The van der Waals surface area contributed by atoms with E-state index in [2.05, 4.69) is 20.4 Å². The molecular weight excluding hydrogens is 423 g/mol. The number of hydrogen-bond donors (Lipinski definition) is 2. The molecule has 2 N–H and O–H groups in total. The lowest BCUT2D eigenvalue weighted by Gasteiger charge is -2.10. The zero-order valence-corrected chi connectivity index (χ0v) is 18.2. The molecule has 2 amide bonds. The van der Waals surface area contributed by atoms with Gasteiger partial charge in [0.25, 0.3) is 11.8 Å². The average molecular weight is 443 g/mol. The summed E-state index contributed by atoms with van der Waals surface area (Å²) in [5.74, 6) is -0.954. The summed E-state index contributed by atoms with van der Waals surface area (Å²) < 4.78 is 2.09. The van der Waals surface area contributed by atoms with E-state index in [1.165, 1.54) is 6.92 Å². The van der Waals surface area contributed by atoms with Crippen LogP contribution in [0.1, 0.15) is 28.7 Å². The van der Waals surface area contributed by atoms with Crippen molar-refractivity contribution in [2.45, 2.75) is 20.8 Å². The summed E-state index contributed by atoms with van der Waals surface area (Å²) in [4.78, 5) is 24.7. The summed E-state index contributed by atoms with van der Waals surface area (Å²) in [6.07, 6.45) is 0. The van der Waals surface area contributed by atoms with E-state index in [0.717, 1.165) is 17.1 Å². The molecule has 8 heteroatoms. The molecule has 0 spiro atoms. The van der Waals surface area contributed by atoms with Gasteiger partial charge in [-0.05, 0) is 69.3 Å². The monoisotopic (exact) mass is 442 g/mol. The number of carbonyl (C=O) groups is 2. The van der Waals surface area contributed by atoms with Crippen LogP contribution in [-0.4, -0.2) is 22.1 Å². The third-order valence-electron chi connectivity index (χ3n) is 4.51. The van der Waals surface area contributed by atoms with E-state index in [1.54, 1.807) is 30.3 Å². The first-order valence-corrected chi connectivity index (χ1v) is 9.89. The van der Waals surface area contributed by atoms with Crippen LogP contribution in [0.2, 0.25) is 10.0 Å². The maximum Gasteiger partial charge on any atom is 0.271 e. The average Bonchev–Trinajstić information content (AvgIpc) is 3.06. The molecule has 3 aromatic rings. The zero-order valence-electron chi connectivity index (χ0n) is 16.7. The molecule has 0 radical (unpaired) electrons. The number of rotatable bonds is 5. The van der Waals surface area contributed by atoms with Gasteiger partial charge < -0.3 is 9.88 Å². The first-order valence-electron chi connectivity index (χ1n) is 9.13. The van der Waals surface area contributed by atoms with Crippen molar-refractivity contribution < 1.29 is 9.59 Å². The number of nitrogens with zero attached hydrogens (tertiary/aromatic N) is 2. The fraction of sp³-hybridized carbons (Fsp3) is 0.136. The van der Waals surface area contributed by atoms with Crippen LogP contribution in [0.25, 0.3) is 5.69 Å². The van der Waals surface area contributed by atoms with E-state index in [-0.39, 0.29) is 11.4 Å². The largest absolute Gasteiger partial charge is 0.319 e. The molecule has 0 fully saturated rings. The van der Waals surface area contributed by atoms with Gasteiger partial charge in [-0.15, -0.1) is 0 Å². The number of amides is 2. The summed E-state index contributed by atoms with van der Waals surface area (Å²) in [7, 11) is 0. The summed E-state index contributed by atoms with van der Waals surface area (Å²) in [6, 6.07) is 16.1. The third kappa shape index (κ3) is 4.72. The highest BCUT2D eigenvalue weighted by Crippen LogP contribution is 2.29. The summed E-state index contributed by atoms with van der Waals surface area (Å²) in [5.41, 5.74) is 6.32. The Bertz CT molecular complexity index is 1090. The van der Waals surface area contributed by atoms with Gasteiger partial charge in [-0.3, -0.25) is 9.59 Å². The van der Waals surface area contributed by atoms with Gasteiger partial charge in [0.05, 0.1) is 15.7 Å². The van der Waals surface area contributed by atoms with Crippen molar-refractivity contribution in [3.63, 3.8) is 0 Å². The number of benzene rings is 2. The van der Waals surface area contributed by atoms with Gasteiger partial charge >= 0.3 is 0 Å². The van der Waals surface area contributed by atoms with Crippen molar-refractivity contribution in [1.29, 1.82) is 0 Å². The van der Waals surface area contributed by atoms with Gasteiger partial charge in [-0.1, -0.05) is 29.3 Å². The fourth-order valence-electron chi connectivity index (χ4n) is 2.91. The van der Waals surface area contributed by atoms with Gasteiger partial charge in [0.1, 0.15) is 5.71 Å². The van der Waals surface area contributed by atoms with E-state index in [1.807, 2.05) is 38.1 Å². The van der Waals surface area contributed by atoms with Gasteiger partial charge in [-0.25, -0.2) is 5.43 Å². The van der Waals surface area contributed by atoms with Crippen LogP contribution < -0.4 is 10.7 Å². The standard InChI is InChI=1S/C22H20Cl2N4O2/c1-13-7-8-14(2)28(13)17-11-9-16(10-12-17)22(30)27-26-15(3)21(29)25-20-18(23)5-4-6-19(20)24/h4-12H,1-3H3,(H,25,29)(H,27,30)/b26-15+. The first kappa shape index (κ1) is 21.6. The van der Waals surface area contributed by atoms with E-state index >= 15 is 0 Å². The van der Waals surface area contributed by atoms with Crippen LogP contribution in [0.4, 0.5) is 5.69 Å². The molecule has 30 heavy (non-hydrogen) atoms. The molecule has 0 saturated heterocycles. The van der Waals surface area contributed by atoms with Crippen molar-refractivity contribution in [1.82, 2.24) is 9.99 Å². The van der Waals surface area contributed by atoms with Gasteiger partial charge in [0.15, 0.2) is 0 Å². The number of aromatic nitrogens is 1. The molecule has 154 valence electrons. The van der Waals surface area contributed by atoms with Crippen molar-refractivity contribution in [3.05, 3.63) is 81.6 Å². The molecule has 0 aliphatic carbocycles. The zero-order chi connectivity index (χ0) is 21.8. The predicted octanol–water partition coefficient (Wildman–Crippen LogP) is 5.15. The number of aryl methyl sites for hydroxylation is 2. The lowest BCUT2D eigenvalue weighted by atomic mass is 10.2. The van der Waals surface area contributed by atoms with E-state index in [4.69, 9.17) is 23.2 Å². The SMILES string of the molecule is C/C(=N\NC(=O)c1ccc(-n2c(C)ccc2C)cc1)C(=O)Nc1c(Cl)cccc1Cl. The fourth-order valence-corrected chi connectivity index (χ4v) is 3.40. The number of carbonyl (C=O) groups excluding carboxylic acids is 2. The van der Waals surface area contributed by atoms with E-state index in [9.17, 15) is 9.59 Å². The van der Waals surface area contributed by atoms with Crippen molar-refractivity contribution in [2.24, 2.45) is 5.10 Å². The van der Waals surface area contributed by atoms with E-state index < -0.39 is 11.8 Å². The van der Waals surface area contributed by atoms with Crippen LogP contribution in [0.5, 0.6) is 0 Å². The Labute approximate surface area is 184 Å². The minimum atomic E-state index is -0.529. The molecule has 0 aliphatic rings. The van der Waals surface area contributed by atoms with Gasteiger partial charge in [0, 0.05) is 22.6 Å². The van der Waals surface area contributed by atoms with Crippen LogP contribution in [0.3, 0.4) is 0 Å². The second kappa shape index (κ2) is 9.15. The smallest absolute Gasteiger partial charge is 0.271 e. The maximum atomic E-state index is 12.4. The number of anilines is 1. The van der Waals surface area contributed by atoms with Crippen molar-refractivity contribution in [2.75, 3.05) is 5.32 Å². The molecule has 2 aromatic carbocycles. The second-order valence-corrected chi connectivity index (χ2v) is 7.50. The number of nitrogens with one attached hydrogen (secondary N) is 2. The summed E-state index contributed by atoms with van der Waals surface area (Å²) >= 11 is 12.1. The molecular formula is C22H20Cl2N4O2. The molecule has 6 nitrogen and oxygen atoms in total. The Morgan fingerprint density at radius 2 is 1.47 bits per heavy atom. The molecule has 1 aromatic heterocycles. The second-order valence-electron chi connectivity index (χ2n) is 6.69.